The van der Waals surface area contributed by atoms with Crippen LogP contribution in [0.2, 0.25) is 0 Å². The van der Waals surface area contributed by atoms with Gasteiger partial charge in [-0.1, -0.05) is 0 Å². The third kappa shape index (κ3) is 0.784. The third-order valence-electron chi connectivity index (χ3n) is 2.32. The second-order valence-electron chi connectivity index (χ2n) is 3.04. The monoisotopic (exact) mass is 146 g/mol. The molecular formula is C6H10O2S. The molecule has 1 saturated heterocycles. The predicted octanol–water partition coefficient (Wildman–Crippen LogP) is 0.584. The minimum absolute atomic E-state index is 0.0891. The average Bonchev–Trinajstić information content (AvgIpc) is 2.43. The summed E-state index contributed by atoms with van der Waals surface area (Å²) in [5, 5.41) is 0.0891. The summed E-state index contributed by atoms with van der Waals surface area (Å²) in [5.41, 5.74) is 0. The first-order chi connectivity index (χ1) is 4.20. The Bertz CT molecular complexity index is 217. The number of hydrogen-bond donors (Lipinski definition) is 0. The Labute approximate surface area is 55.2 Å². The smallest absolute Gasteiger partial charge is 0.153 e. The van der Waals surface area contributed by atoms with Gasteiger partial charge in [0, 0.05) is 0 Å². The molecule has 0 aromatic carbocycles. The van der Waals surface area contributed by atoms with Gasteiger partial charge in [0.2, 0.25) is 0 Å². The van der Waals surface area contributed by atoms with Gasteiger partial charge in [-0.15, -0.1) is 0 Å². The zero-order valence-electron chi connectivity index (χ0n) is 5.21. The quantitative estimate of drug-likeness (QED) is 0.501. The van der Waals surface area contributed by atoms with Crippen LogP contribution in [0.5, 0.6) is 0 Å². The zero-order chi connectivity index (χ0) is 6.48. The highest BCUT2D eigenvalue weighted by Crippen LogP contribution is 2.44. The topological polar surface area (TPSA) is 34.1 Å². The van der Waals surface area contributed by atoms with Crippen molar-refractivity contribution in [2.24, 2.45) is 5.92 Å². The summed E-state index contributed by atoms with van der Waals surface area (Å²) in [6, 6.07) is 0. The van der Waals surface area contributed by atoms with Gasteiger partial charge in [-0.25, -0.2) is 8.42 Å². The lowest BCUT2D eigenvalue weighted by Gasteiger charge is -2.07. The zero-order valence-corrected chi connectivity index (χ0v) is 6.02. The largest absolute Gasteiger partial charge is 0.229 e. The molecule has 0 aromatic rings. The normalized spacial score (nSPS) is 45.8. The van der Waals surface area contributed by atoms with Gasteiger partial charge in [-0.2, -0.15) is 0 Å². The van der Waals surface area contributed by atoms with Gasteiger partial charge in [-0.3, -0.25) is 0 Å². The first-order valence-electron chi connectivity index (χ1n) is 3.42. The second-order valence-corrected chi connectivity index (χ2v) is 5.38. The van der Waals surface area contributed by atoms with Gasteiger partial charge in [0.25, 0.3) is 0 Å². The number of rotatable bonds is 0. The van der Waals surface area contributed by atoms with Crippen molar-refractivity contribution in [2.45, 2.75) is 24.5 Å². The fourth-order valence-electron chi connectivity index (χ4n) is 1.66. The summed E-state index contributed by atoms with van der Waals surface area (Å²) in [7, 11) is -2.59. The molecule has 0 N–H and O–H groups in total. The highest BCUT2D eigenvalue weighted by molar-refractivity contribution is 7.92. The van der Waals surface area contributed by atoms with Gasteiger partial charge in [0.1, 0.15) is 0 Å². The van der Waals surface area contributed by atoms with Crippen LogP contribution >= 0.6 is 0 Å². The van der Waals surface area contributed by atoms with Crippen LogP contribution in [-0.2, 0) is 9.84 Å². The Kier molecular flexibility index (Phi) is 0.958. The first-order valence-corrected chi connectivity index (χ1v) is 5.13. The standard InChI is InChI=1S/C6H10O2S/c7-9(8)3-1-2-5-4-6(5)9/h5-6H,1-4H2. The highest BCUT2D eigenvalue weighted by Gasteiger charge is 2.48. The van der Waals surface area contributed by atoms with E-state index in [1.54, 1.807) is 0 Å². The van der Waals surface area contributed by atoms with Crippen molar-refractivity contribution in [1.29, 1.82) is 0 Å². The van der Waals surface area contributed by atoms with Crippen LogP contribution in [0.25, 0.3) is 0 Å². The Morgan fingerprint density at radius 3 is 2.67 bits per heavy atom. The minimum Gasteiger partial charge on any atom is -0.229 e. The highest BCUT2D eigenvalue weighted by atomic mass is 32.2. The average molecular weight is 146 g/mol. The Morgan fingerprint density at radius 2 is 2.11 bits per heavy atom. The molecule has 0 radical (unpaired) electrons. The fourth-order valence-corrected chi connectivity index (χ4v) is 3.80. The summed E-state index contributed by atoms with van der Waals surface area (Å²) in [4.78, 5) is 0. The van der Waals surface area contributed by atoms with Crippen LogP contribution in [0.1, 0.15) is 19.3 Å². The lowest BCUT2D eigenvalue weighted by molar-refractivity contribution is 0.570. The van der Waals surface area contributed by atoms with Crippen LogP contribution in [0.4, 0.5) is 0 Å². The molecule has 1 heterocycles. The maximum atomic E-state index is 11.0. The summed E-state index contributed by atoms with van der Waals surface area (Å²) in [5.74, 6) is 1.01. The van der Waals surface area contributed by atoms with E-state index in [0.29, 0.717) is 11.7 Å². The van der Waals surface area contributed by atoms with E-state index in [1.165, 1.54) is 0 Å². The summed E-state index contributed by atoms with van der Waals surface area (Å²) >= 11 is 0. The van der Waals surface area contributed by atoms with Crippen molar-refractivity contribution in [3.63, 3.8) is 0 Å². The lowest BCUT2D eigenvalue weighted by atomic mass is 10.2. The van der Waals surface area contributed by atoms with E-state index in [2.05, 4.69) is 0 Å². The van der Waals surface area contributed by atoms with Crippen molar-refractivity contribution >= 4 is 9.84 Å². The molecule has 2 aliphatic rings. The Hall–Kier alpha value is -0.0500. The van der Waals surface area contributed by atoms with Gasteiger partial charge >= 0.3 is 0 Å². The van der Waals surface area contributed by atoms with Gasteiger partial charge in [0.05, 0.1) is 11.0 Å². The van der Waals surface area contributed by atoms with Crippen molar-refractivity contribution in [2.75, 3.05) is 5.75 Å². The van der Waals surface area contributed by atoms with Crippen LogP contribution in [-0.4, -0.2) is 19.4 Å². The molecule has 52 valence electrons. The summed E-state index contributed by atoms with van der Waals surface area (Å²) in [6.45, 7) is 0. The molecule has 0 aromatic heterocycles. The van der Waals surface area contributed by atoms with E-state index in [1.807, 2.05) is 0 Å². The van der Waals surface area contributed by atoms with Gasteiger partial charge in [0.15, 0.2) is 9.84 Å². The number of fused-ring (bicyclic) bond motifs is 1. The maximum Gasteiger partial charge on any atom is 0.153 e. The van der Waals surface area contributed by atoms with Crippen LogP contribution in [0, 0.1) is 5.92 Å². The molecule has 0 bridgehead atoms. The van der Waals surface area contributed by atoms with Crippen molar-refractivity contribution in [3.8, 4) is 0 Å². The van der Waals surface area contributed by atoms with Crippen LogP contribution in [0.15, 0.2) is 0 Å². The predicted molar refractivity (Wildman–Crippen MR) is 34.9 cm³/mol. The molecule has 2 nitrogen and oxygen atoms in total. The van der Waals surface area contributed by atoms with E-state index in [0.717, 1.165) is 19.3 Å². The molecule has 2 atom stereocenters. The van der Waals surface area contributed by atoms with E-state index < -0.39 is 9.84 Å². The van der Waals surface area contributed by atoms with E-state index in [9.17, 15) is 8.42 Å². The molecule has 2 rings (SSSR count). The first kappa shape index (κ1) is 5.71. The number of hydrogen-bond acceptors (Lipinski definition) is 2. The summed E-state index contributed by atoms with van der Waals surface area (Å²) < 4.78 is 22.0. The maximum absolute atomic E-state index is 11.0. The molecule has 1 saturated carbocycles. The van der Waals surface area contributed by atoms with Crippen molar-refractivity contribution < 1.29 is 8.42 Å². The van der Waals surface area contributed by atoms with Gasteiger partial charge in [-0.05, 0) is 25.2 Å². The molecular weight excluding hydrogens is 136 g/mol. The SMILES string of the molecule is O=S1(=O)CCCC2CC21. The van der Waals surface area contributed by atoms with Crippen molar-refractivity contribution in [3.05, 3.63) is 0 Å². The molecule has 2 unspecified atom stereocenters. The Morgan fingerprint density at radius 1 is 1.33 bits per heavy atom. The molecule has 2 fully saturated rings. The van der Waals surface area contributed by atoms with E-state index in [-0.39, 0.29) is 5.25 Å². The van der Waals surface area contributed by atoms with E-state index in [4.69, 9.17) is 0 Å². The van der Waals surface area contributed by atoms with E-state index >= 15 is 0 Å². The van der Waals surface area contributed by atoms with Crippen molar-refractivity contribution in [1.82, 2.24) is 0 Å². The molecule has 3 heteroatoms. The van der Waals surface area contributed by atoms with Crippen LogP contribution in [0.3, 0.4) is 0 Å². The lowest BCUT2D eigenvalue weighted by Crippen LogP contribution is -2.17. The molecule has 9 heavy (non-hydrogen) atoms. The summed E-state index contributed by atoms with van der Waals surface area (Å²) in [6.07, 6.45) is 3.02. The van der Waals surface area contributed by atoms with Gasteiger partial charge < -0.3 is 0 Å². The molecule has 0 amide bonds. The molecule has 1 aliphatic carbocycles. The van der Waals surface area contributed by atoms with Crippen LogP contribution < -0.4 is 0 Å². The fraction of sp³-hybridized carbons (Fsp3) is 1.00. The third-order valence-corrected chi connectivity index (χ3v) is 4.68. The minimum atomic E-state index is -2.59. The molecule has 0 spiro atoms. The molecule has 1 aliphatic heterocycles. The second kappa shape index (κ2) is 1.51. The Balaban J connectivity index is 2.28. The number of sulfone groups is 1.